The van der Waals surface area contributed by atoms with Gasteiger partial charge in [0.2, 0.25) is 5.91 Å². The van der Waals surface area contributed by atoms with Crippen molar-refractivity contribution in [3.63, 3.8) is 0 Å². The maximum Gasteiger partial charge on any atom is 0.408 e. The van der Waals surface area contributed by atoms with Crippen LogP contribution in [0.3, 0.4) is 0 Å². The first-order valence-corrected chi connectivity index (χ1v) is 12.3. The summed E-state index contributed by atoms with van der Waals surface area (Å²) in [5.41, 5.74) is 1.58. The molecule has 202 valence electrons. The molecule has 0 aliphatic rings. The second-order valence-corrected chi connectivity index (χ2v) is 11.0. The number of carboxylic acid groups (broad SMARTS) is 1. The molecule has 5 N–H and O–H groups in total. The first kappa shape index (κ1) is 29.5. The van der Waals surface area contributed by atoms with Crippen LogP contribution in [-0.2, 0) is 17.8 Å². The number of urea groups is 1. The lowest BCUT2D eigenvalue weighted by atomic mass is 9.92. The van der Waals surface area contributed by atoms with Gasteiger partial charge in [0.1, 0.15) is 11.8 Å². The van der Waals surface area contributed by atoms with Gasteiger partial charge in [0, 0.05) is 25.0 Å². The number of phenols is 1. The zero-order chi connectivity index (χ0) is 28.0. The van der Waals surface area contributed by atoms with Crippen molar-refractivity contribution in [1.29, 1.82) is 0 Å². The van der Waals surface area contributed by atoms with Crippen molar-refractivity contribution in [2.75, 3.05) is 6.54 Å². The van der Waals surface area contributed by atoms with Gasteiger partial charge in [0.15, 0.2) is 0 Å². The van der Waals surface area contributed by atoms with Crippen molar-refractivity contribution in [3.05, 3.63) is 64.7 Å². The van der Waals surface area contributed by atoms with Gasteiger partial charge in [-0.25, -0.2) is 9.59 Å². The third-order valence-electron chi connectivity index (χ3n) is 6.07. The van der Waals surface area contributed by atoms with Crippen LogP contribution in [-0.4, -0.2) is 56.8 Å². The van der Waals surface area contributed by atoms with E-state index in [9.17, 15) is 24.6 Å². The zero-order valence-electron chi connectivity index (χ0n) is 22.8. The molecule has 0 aliphatic carbocycles. The average molecular weight is 513 g/mol. The largest absolute Gasteiger partial charge is 0.508 e. The van der Waals surface area contributed by atoms with Gasteiger partial charge in [-0.05, 0) is 82.9 Å². The van der Waals surface area contributed by atoms with Crippen LogP contribution in [0.2, 0.25) is 0 Å². The third kappa shape index (κ3) is 8.70. The molecule has 0 bridgehead atoms. The zero-order valence-corrected chi connectivity index (χ0v) is 22.8. The monoisotopic (exact) mass is 512 g/mol. The molecule has 0 fully saturated rings. The topological polar surface area (TPSA) is 131 Å². The van der Waals surface area contributed by atoms with E-state index in [0.717, 1.165) is 27.2 Å². The molecule has 0 heterocycles. The predicted molar refractivity (Wildman–Crippen MR) is 144 cm³/mol. The molecule has 1 atom stereocenters. The van der Waals surface area contributed by atoms with E-state index in [1.165, 1.54) is 0 Å². The minimum absolute atomic E-state index is 0.114. The normalized spacial score (nSPS) is 12.4. The van der Waals surface area contributed by atoms with Crippen LogP contribution in [0.15, 0.2) is 42.5 Å². The van der Waals surface area contributed by atoms with E-state index in [-0.39, 0.29) is 24.7 Å². The highest BCUT2D eigenvalue weighted by molar-refractivity contribution is 5.86. The van der Waals surface area contributed by atoms with Crippen LogP contribution in [0.5, 0.6) is 5.75 Å². The van der Waals surface area contributed by atoms with E-state index in [2.05, 4.69) is 16.0 Å². The van der Waals surface area contributed by atoms with Crippen LogP contribution < -0.4 is 16.0 Å². The Bertz CT molecular complexity index is 1090. The lowest BCUT2D eigenvalue weighted by molar-refractivity contribution is -0.129. The summed E-state index contributed by atoms with van der Waals surface area (Å²) in [5, 5.41) is 28.5. The Labute approximate surface area is 219 Å². The van der Waals surface area contributed by atoms with Gasteiger partial charge < -0.3 is 26.2 Å². The standard InChI is InChI=1S/C28H40N4O5/c1-18-13-21(33)14-19(2)22(18)15-23(32(26(36)37)27(3,4)5)24(34)31-28(6,7)17-30-25(35)29-16-20-11-9-8-10-12-20/h8-14,23,33H,15-17H2,1-7H3,(H,31,34)(H,36,37)(H2,29,30,35)/t23-/m0/s1. The summed E-state index contributed by atoms with van der Waals surface area (Å²) in [7, 11) is 0. The first-order valence-electron chi connectivity index (χ1n) is 12.3. The quantitative estimate of drug-likeness (QED) is 0.345. The van der Waals surface area contributed by atoms with Gasteiger partial charge in [-0.1, -0.05) is 30.3 Å². The molecular formula is C28H40N4O5. The second-order valence-electron chi connectivity index (χ2n) is 11.0. The molecular weight excluding hydrogens is 472 g/mol. The highest BCUT2D eigenvalue weighted by atomic mass is 16.4. The maximum absolute atomic E-state index is 13.6. The number of phenolic OH excluding ortho intramolecular Hbond substituents is 1. The third-order valence-corrected chi connectivity index (χ3v) is 6.07. The second kappa shape index (κ2) is 12.0. The fourth-order valence-corrected chi connectivity index (χ4v) is 4.28. The van der Waals surface area contributed by atoms with E-state index in [1.54, 1.807) is 46.8 Å². The van der Waals surface area contributed by atoms with E-state index in [4.69, 9.17) is 0 Å². The molecule has 0 unspecified atom stereocenters. The van der Waals surface area contributed by atoms with Gasteiger partial charge >= 0.3 is 12.1 Å². The number of rotatable bonds is 9. The van der Waals surface area contributed by atoms with Gasteiger partial charge in [0.05, 0.1) is 5.54 Å². The average Bonchev–Trinajstić information content (AvgIpc) is 2.77. The van der Waals surface area contributed by atoms with Gasteiger partial charge in [-0.2, -0.15) is 0 Å². The van der Waals surface area contributed by atoms with E-state index >= 15 is 0 Å². The molecule has 9 heteroatoms. The number of nitrogens with one attached hydrogen (secondary N) is 3. The molecule has 0 aliphatic heterocycles. The number of aryl methyl sites for hydroxylation is 2. The molecule has 0 aromatic heterocycles. The Morgan fingerprint density at radius 1 is 0.946 bits per heavy atom. The Morgan fingerprint density at radius 2 is 1.51 bits per heavy atom. The summed E-state index contributed by atoms with van der Waals surface area (Å²) in [6, 6.07) is 11.3. The summed E-state index contributed by atoms with van der Waals surface area (Å²) < 4.78 is 0. The number of carbonyl (C=O) groups is 3. The summed E-state index contributed by atoms with van der Waals surface area (Å²) in [5.74, 6) is -0.357. The molecule has 37 heavy (non-hydrogen) atoms. The number of benzene rings is 2. The van der Waals surface area contributed by atoms with E-state index in [0.29, 0.717) is 6.54 Å². The number of hydrogen-bond donors (Lipinski definition) is 5. The number of carbonyl (C=O) groups excluding carboxylic acids is 2. The van der Waals surface area contributed by atoms with Crippen LogP contribution in [0, 0.1) is 13.8 Å². The fourth-order valence-electron chi connectivity index (χ4n) is 4.28. The van der Waals surface area contributed by atoms with Crippen LogP contribution in [0.1, 0.15) is 56.9 Å². The van der Waals surface area contributed by atoms with E-state index < -0.39 is 29.1 Å². The predicted octanol–water partition coefficient (Wildman–Crippen LogP) is 4.09. The van der Waals surface area contributed by atoms with Crippen molar-refractivity contribution in [2.45, 2.75) is 78.6 Å². The summed E-state index contributed by atoms with van der Waals surface area (Å²) >= 11 is 0. The number of aromatic hydroxyl groups is 1. The Hall–Kier alpha value is -3.75. The molecule has 2 aromatic rings. The van der Waals surface area contributed by atoms with Crippen molar-refractivity contribution in [3.8, 4) is 5.75 Å². The van der Waals surface area contributed by atoms with E-state index in [1.807, 2.05) is 44.2 Å². The Kier molecular flexibility index (Phi) is 9.55. The minimum Gasteiger partial charge on any atom is -0.508 e. The molecule has 4 amide bonds. The lowest BCUT2D eigenvalue weighted by Crippen LogP contribution is -2.62. The van der Waals surface area contributed by atoms with Gasteiger partial charge in [-0.3, -0.25) is 9.69 Å². The highest BCUT2D eigenvalue weighted by Gasteiger charge is 2.39. The van der Waals surface area contributed by atoms with Crippen molar-refractivity contribution < 1.29 is 24.6 Å². The lowest BCUT2D eigenvalue weighted by Gasteiger charge is -2.40. The van der Waals surface area contributed by atoms with Crippen LogP contribution in [0.25, 0.3) is 0 Å². The molecule has 0 spiro atoms. The minimum atomic E-state index is -1.21. The van der Waals surface area contributed by atoms with Crippen molar-refractivity contribution in [1.82, 2.24) is 20.9 Å². The van der Waals surface area contributed by atoms with Crippen molar-refractivity contribution >= 4 is 18.0 Å². The van der Waals surface area contributed by atoms with Gasteiger partial charge in [0.25, 0.3) is 0 Å². The first-order chi connectivity index (χ1) is 17.1. The smallest absolute Gasteiger partial charge is 0.408 e. The van der Waals surface area contributed by atoms with Crippen LogP contribution in [0.4, 0.5) is 9.59 Å². The molecule has 2 aromatic carbocycles. The summed E-state index contributed by atoms with van der Waals surface area (Å²) in [4.78, 5) is 39.4. The number of amides is 4. The fraction of sp³-hybridized carbons (Fsp3) is 0.464. The van der Waals surface area contributed by atoms with Crippen LogP contribution >= 0.6 is 0 Å². The maximum atomic E-state index is 13.6. The molecule has 0 saturated heterocycles. The molecule has 0 saturated carbocycles. The number of nitrogens with zero attached hydrogens (tertiary/aromatic N) is 1. The highest BCUT2D eigenvalue weighted by Crippen LogP contribution is 2.26. The molecule has 9 nitrogen and oxygen atoms in total. The summed E-state index contributed by atoms with van der Waals surface area (Å²) in [6.45, 7) is 12.9. The Balaban J connectivity index is 2.18. The summed E-state index contributed by atoms with van der Waals surface area (Å²) in [6.07, 6.45) is -1.08. The molecule has 2 rings (SSSR count). The number of hydrogen-bond acceptors (Lipinski definition) is 4. The molecule has 0 radical (unpaired) electrons. The Morgan fingerprint density at radius 3 is 2.03 bits per heavy atom. The van der Waals surface area contributed by atoms with Gasteiger partial charge in [-0.15, -0.1) is 0 Å². The van der Waals surface area contributed by atoms with Crippen molar-refractivity contribution in [2.24, 2.45) is 0 Å². The SMILES string of the molecule is Cc1cc(O)cc(C)c1C[C@@H](C(=O)NC(C)(C)CNC(=O)NCc1ccccc1)N(C(=O)O)C(C)(C)C.